The Balaban J connectivity index is 2.05. The minimum Gasteiger partial charge on any atom is -0.360 e. The van der Waals surface area contributed by atoms with Crippen molar-refractivity contribution in [2.45, 2.75) is 18.9 Å². The monoisotopic (exact) mass is 448 g/mol. The topological polar surface area (TPSA) is 62.0 Å². The fourth-order valence-electron chi connectivity index (χ4n) is 2.79. The maximum atomic E-state index is 13.4. The van der Waals surface area contributed by atoms with E-state index in [0.717, 1.165) is 6.20 Å². The normalized spacial score (nSPS) is 12.2. The van der Waals surface area contributed by atoms with Crippen molar-refractivity contribution in [3.05, 3.63) is 80.1 Å². The highest BCUT2D eigenvalue weighted by molar-refractivity contribution is 6.30. The number of nitrogens with one attached hydrogen (secondary N) is 2. The molecule has 3 rings (SSSR count). The van der Waals surface area contributed by atoms with Crippen molar-refractivity contribution in [3.8, 4) is 0 Å². The largest absolute Gasteiger partial charge is 0.417 e. The molecule has 158 valence electrons. The quantitative estimate of drug-likeness (QED) is 0.544. The average molecular weight is 449 g/mol. The lowest BCUT2D eigenvalue weighted by atomic mass is 10.0. The van der Waals surface area contributed by atoms with Gasteiger partial charge in [0.1, 0.15) is 5.56 Å². The summed E-state index contributed by atoms with van der Waals surface area (Å²) in [6.45, 7) is -0.0490. The number of halogens is 7. The van der Waals surface area contributed by atoms with Crippen LogP contribution in [0, 0.1) is 0 Å². The predicted octanol–water partition coefficient (Wildman–Crippen LogP) is 5.15. The number of hydrogen-bond acceptors (Lipinski definition) is 2. The third kappa shape index (κ3) is 4.43. The van der Waals surface area contributed by atoms with Crippen molar-refractivity contribution in [2.24, 2.45) is 0 Å². The molecule has 2 aromatic carbocycles. The van der Waals surface area contributed by atoms with Crippen LogP contribution in [0.25, 0.3) is 10.9 Å². The van der Waals surface area contributed by atoms with Gasteiger partial charge in [-0.05, 0) is 29.8 Å². The summed E-state index contributed by atoms with van der Waals surface area (Å²) >= 11 is 5.74. The Labute approximate surface area is 169 Å². The first-order valence-electron chi connectivity index (χ1n) is 8.24. The second kappa shape index (κ2) is 7.67. The first-order chi connectivity index (χ1) is 13.9. The Kier molecular flexibility index (Phi) is 5.55. The van der Waals surface area contributed by atoms with E-state index in [0.29, 0.717) is 16.7 Å². The number of carbonyl (C=O) groups is 1. The van der Waals surface area contributed by atoms with Crippen molar-refractivity contribution in [1.82, 2.24) is 10.3 Å². The fourth-order valence-corrected chi connectivity index (χ4v) is 2.91. The maximum Gasteiger partial charge on any atom is 0.417 e. The zero-order chi connectivity index (χ0) is 22.3. The number of fused-ring (bicyclic) bond motifs is 1. The summed E-state index contributed by atoms with van der Waals surface area (Å²) in [5.41, 5.74) is -5.42. The smallest absolute Gasteiger partial charge is 0.360 e. The van der Waals surface area contributed by atoms with Gasteiger partial charge in [-0.3, -0.25) is 9.59 Å². The summed E-state index contributed by atoms with van der Waals surface area (Å²) in [6, 6.07) is 6.54. The predicted molar refractivity (Wildman–Crippen MR) is 97.2 cm³/mol. The van der Waals surface area contributed by atoms with Crippen LogP contribution in [-0.4, -0.2) is 10.9 Å². The van der Waals surface area contributed by atoms with Crippen LogP contribution >= 0.6 is 11.6 Å². The molecule has 0 atom stereocenters. The summed E-state index contributed by atoms with van der Waals surface area (Å²) in [7, 11) is 0. The molecule has 1 heterocycles. The van der Waals surface area contributed by atoms with E-state index in [9.17, 15) is 35.9 Å². The summed E-state index contributed by atoms with van der Waals surface area (Å²) in [5, 5.41) is 1.78. The lowest BCUT2D eigenvalue weighted by Crippen LogP contribution is -2.29. The molecule has 1 aromatic heterocycles. The van der Waals surface area contributed by atoms with E-state index >= 15 is 0 Å². The average Bonchev–Trinajstić information content (AvgIpc) is 2.65. The molecule has 0 aliphatic heterocycles. The van der Waals surface area contributed by atoms with E-state index in [2.05, 4.69) is 10.3 Å². The van der Waals surface area contributed by atoms with Crippen LogP contribution in [0.3, 0.4) is 0 Å². The molecule has 0 unspecified atom stereocenters. The van der Waals surface area contributed by atoms with Crippen LogP contribution in [0.1, 0.15) is 27.0 Å². The van der Waals surface area contributed by atoms with Crippen LogP contribution in [0.15, 0.2) is 47.4 Å². The van der Waals surface area contributed by atoms with Gasteiger partial charge in [-0.25, -0.2) is 0 Å². The zero-order valence-electron chi connectivity index (χ0n) is 14.7. The number of pyridine rings is 1. The number of rotatable bonds is 3. The lowest BCUT2D eigenvalue weighted by Gasteiger charge is -2.15. The van der Waals surface area contributed by atoms with Crippen LogP contribution in [0.4, 0.5) is 26.3 Å². The van der Waals surface area contributed by atoms with Gasteiger partial charge in [0.15, 0.2) is 0 Å². The summed E-state index contributed by atoms with van der Waals surface area (Å²) in [4.78, 5) is 27.1. The second-order valence-electron chi connectivity index (χ2n) is 6.28. The molecule has 0 aliphatic carbocycles. The van der Waals surface area contributed by atoms with Gasteiger partial charge in [-0.1, -0.05) is 23.7 Å². The van der Waals surface area contributed by atoms with Gasteiger partial charge in [0, 0.05) is 17.8 Å². The maximum absolute atomic E-state index is 13.4. The third-order valence-electron chi connectivity index (χ3n) is 4.23. The van der Waals surface area contributed by atoms with Crippen molar-refractivity contribution in [2.75, 3.05) is 0 Å². The molecular formula is C19H11ClF6N2O2. The first kappa shape index (κ1) is 21.7. The molecule has 0 saturated heterocycles. The van der Waals surface area contributed by atoms with Crippen LogP contribution < -0.4 is 10.7 Å². The minimum absolute atomic E-state index is 0.0490. The number of hydrogen-bond donors (Lipinski definition) is 2. The Morgan fingerprint density at radius 1 is 1.00 bits per heavy atom. The highest BCUT2D eigenvalue weighted by Gasteiger charge is 2.39. The van der Waals surface area contributed by atoms with E-state index in [1.807, 2.05) is 0 Å². The van der Waals surface area contributed by atoms with Crippen LogP contribution in [0.5, 0.6) is 0 Å². The molecule has 0 bridgehead atoms. The number of aromatic amines is 1. The molecule has 11 heteroatoms. The van der Waals surface area contributed by atoms with E-state index in [4.69, 9.17) is 11.6 Å². The van der Waals surface area contributed by atoms with Crippen molar-refractivity contribution >= 4 is 28.4 Å². The molecule has 3 aromatic rings. The number of carbonyl (C=O) groups excluding carboxylic acids is 1. The highest BCUT2D eigenvalue weighted by atomic mass is 35.5. The molecule has 0 fully saturated rings. The summed E-state index contributed by atoms with van der Waals surface area (Å²) in [5.74, 6) is -0.985. The van der Waals surface area contributed by atoms with Gasteiger partial charge < -0.3 is 10.3 Å². The Bertz CT molecular complexity index is 1170. The van der Waals surface area contributed by atoms with Gasteiger partial charge in [0.25, 0.3) is 5.91 Å². The van der Waals surface area contributed by atoms with Crippen molar-refractivity contribution < 1.29 is 31.1 Å². The second-order valence-corrected chi connectivity index (χ2v) is 6.72. The van der Waals surface area contributed by atoms with Crippen LogP contribution in [-0.2, 0) is 18.9 Å². The number of aromatic nitrogens is 1. The van der Waals surface area contributed by atoms with E-state index in [-0.39, 0.29) is 12.6 Å². The Morgan fingerprint density at radius 2 is 1.63 bits per heavy atom. The lowest BCUT2D eigenvalue weighted by molar-refractivity contribution is -0.142. The van der Waals surface area contributed by atoms with Gasteiger partial charge in [0.2, 0.25) is 5.43 Å². The molecule has 0 radical (unpaired) electrons. The molecule has 1 amide bonds. The van der Waals surface area contributed by atoms with E-state index < -0.39 is 51.3 Å². The molecule has 0 aliphatic rings. The summed E-state index contributed by atoms with van der Waals surface area (Å²) in [6.07, 6.45) is -9.52. The number of amides is 1. The van der Waals surface area contributed by atoms with Gasteiger partial charge in [-0.15, -0.1) is 0 Å². The summed E-state index contributed by atoms with van der Waals surface area (Å²) < 4.78 is 78.9. The van der Waals surface area contributed by atoms with Crippen molar-refractivity contribution in [3.63, 3.8) is 0 Å². The minimum atomic E-state index is -5.25. The fraction of sp³-hybridized carbons (Fsp3) is 0.158. The van der Waals surface area contributed by atoms with Crippen LogP contribution in [0.2, 0.25) is 5.02 Å². The third-order valence-corrected chi connectivity index (χ3v) is 4.48. The number of H-pyrrole nitrogens is 1. The SMILES string of the molecule is O=C(NCc1ccc(Cl)cc1)c1c[nH]c2cc(C(F)(F)F)cc(C(F)(F)F)c2c1=O. The van der Waals surface area contributed by atoms with E-state index in [1.54, 1.807) is 24.3 Å². The van der Waals surface area contributed by atoms with Gasteiger partial charge >= 0.3 is 12.4 Å². The molecular weight excluding hydrogens is 438 g/mol. The molecule has 4 nitrogen and oxygen atoms in total. The molecule has 0 spiro atoms. The highest BCUT2D eigenvalue weighted by Crippen LogP contribution is 2.38. The standard InChI is InChI=1S/C19H11ClF6N2O2/c20-11-3-1-9(2-4-11)7-28-17(30)12-8-27-14-6-10(18(21,22)23)5-13(19(24,25)26)15(14)16(12)29/h1-6,8H,7H2,(H,27,29)(H,28,30). The number of alkyl halides is 6. The Morgan fingerprint density at radius 3 is 2.20 bits per heavy atom. The molecule has 0 saturated carbocycles. The zero-order valence-corrected chi connectivity index (χ0v) is 15.5. The molecule has 30 heavy (non-hydrogen) atoms. The van der Waals surface area contributed by atoms with Gasteiger partial charge in [-0.2, -0.15) is 26.3 Å². The van der Waals surface area contributed by atoms with Gasteiger partial charge in [0.05, 0.1) is 22.0 Å². The van der Waals surface area contributed by atoms with Crippen molar-refractivity contribution in [1.29, 1.82) is 0 Å². The first-order valence-corrected chi connectivity index (χ1v) is 8.62. The number of benzene rings is 2. The molecule has 2 N–H and O–H groups in total. The Hall–Kier alpha value is -3.01. The van der Waals surface area contributed by atoms with E-state index in [1.165, 1.54) is 0 Å².